The number of H-pyrrole nitrogens is 2. The molecule has 2 N–H and O–H groups in total. The van der Waals surface area contributed by atoms with Crippen molar-refractivity contribution in [3.8, 4) is 0 Å². The molecule has 5 heteroatoms. The van der Waals surface area contributed by atoms with E-state index in [-0.39, 0.29) is 10.2 Å². The maximum atomic E-state index is 13.3. The first-order valence-corrected chi connectivity index (χ1v) is 4.42. The minimum Gasteiger partial charge on any atom is -0.331 e. The summed E-state index contributed by atoms with van der Waals surface area (Å²) in [7, 11) is 0. The summed E-state index contributed by atoms with van der Waals surface area (Å²) in [6.07, 6.45) is 0. The van der Waals surface area contributed by atoms with Gasteiger partial charge in [0.15, 0.2) is 4.77 Å². The Kier molecular flexibility index (Phi) is 1.96. The minimum atomic E-state index is -0.543. The zero-order valence-electron chi connectivity index (χ0n) is 7.35. The fourth-order valence-corrected chi connectivity index (χ4v) is 1.57. The van der Waals surface area contributed by atoms with Crippen LogP contribution in [0.25, 0.3) is 10.9 Å². The zero-order valence-corrected chi connectivity index (χ0v) is 8.17. The smallest absolute Gasteiger partial charge is 0.262 e. The summed E-state index contributed by atoms with van der Waals surface area (Å²) >= 11 is 4.80. The fourth-order valence-electron chi connectivity index (χ4n) is 1.37. The first-order chi connectivity index (χ1) is 6.59. The van der Waals surface area contributed by atoms with Gasteiger partial charge in [0, 0.05) is 0 Å². The van der Waals surface area contributed by atoms with E-state index in [1.54, 1.807) is 13.0 Å². The third-order valence-electron chi connectivity index (χ3n) is 2.06. The molecule has 0 unspecified atom stereocenters. The molecule has 0 saturated carbocycles. The van der Waals surface area contributed by atoms with E-state index in [1.165, 1.54) is 6.07 Å². The van der Waals surface area contributed by atoms with Crippen molar-refractivity contribution in [2.75, 3.05) is 0 Å². The number of halogens is 1. The lowest BCUT2D eigenvalue weighted by molar-refractivity contribution is 0.638. The molecule has 1 heterocycles. The van der Waals surface area contributed by atoms with Crippen molar-refractivity contribution in [1.82, 2.24) is 9.97 Å². The summed E-state index contributed by atoms with van der Waals surface area (Å²) < 4.78 is 13.5. The molecule has 0 saturated heterocycles. The van der Waals surface area contributed by atoms with Gasteiger partial charge >= 0.3 is 0 Å². The lowest BCUT2D eigenvalue weighted by atomic mass is 10.1. The van der Waals surface area contributed by atoms with Gasteiger partial charge in [-0.25, -0.2) is 4.39 Å². The van der Waals surface area contributed by atoms with E-state index in [0.29, 0.717) is 5.52 Å². The van der Waals surface area contributed by atoms with E-state index in [9.17, 15) is 9.18 Å². The first kappa shape index (κ1) is 9.08. The van der Waals surface area contributed by atoms with Gasteiger partial charge in [-0.3, -0.25) is 9.78 Å². The lowest BCUT2D eigenvalue weighted by Crippen LogP contribution is -2.10. The van der Waals surface area contributed by atoms with Crippen LogP contribution in [0.15, 0.2) is 16.9 Å². The molecule has 72 valence electrons. The highest BCUT2D eigenvalue weighted by Gasteiger charge is 2.07. The highest BCUT2D eigenvalue weighted by atomic mass is 32.1. The highest BCUT2D eigenvalue weighted by Crippen LogP contribution is 2.14. The quantitative estimate of drug-likeness (QED) is 0.654. The summed E-state index contributed by atoms with van der Waals surface area (Å²) in [5.74, 6) is -0.543. The van der Waals surface area contributed by atoms with Crippen molar-refractivity contribution >= 4 is 23.1 Å². The number of aromatic amines is 2. The number of rotatable bonds is 0. The molecular formula is C9H7FN2OS. The van der Waals surface area contributed by atoms with Crippen molar-refractivity contribution in [2.24, 2.45) is 0 Å². The van der Waals surface area contributed by atoms with Crippen LogP contribution in [-0.4, -0.2) is 9.97 Å². The van der Waals surface area contributed by atoms with Crippen LogP contribution in [0.1, 0.15) is 5.56 Å². The average Bonchev–Trinajstić information content (AvgIpc) is 2.10. The van der Waals surface area contributed by atoms with E-state index in [1.807, 2.05) is 0 Å². The molecule has 1 aromatic carbocycles. The van der Waals surface area contributed by atoms with Crippen molar-refractivity contribution < 1.29 is 4.39 Å². The molecule has 2 aromatic rings. The fraction of sp³-hybridized carbons (Fsp3) is 0.111. The number of nitrogens with one attached hydrogen (secondary N) is 2. The number of hydrogen-bond acceptors (Lipinski definition) is 2. The van der Waals surface area contributed by atoms with Gasteiger partial charge < -0.3 is 4.98 Å². The normalized spacial score (nSPS) is 10.7. The first-order valence-electron chi connectivity index (χ1n) is 4.01. The third-order valence-corrected chi connectivity index (χ3v) is 2.26. The van der Waals surface area contributed by atoms with Gasteiger partial charge in [-0.05, 0) is 30.8 Å². The van der Waals surface area contributed by atoms with Crippen LogP contribution in [0.3, 0.4) is 0 Å². The number of benzene rings is 1. The molecule has 14 heavy (non-hydrogen) atoms. The third kappa shape index (κ3) is 1.26. The van der Waals surface area contributed by atoms with Crippen molar-refractivity contribution in [3.05, 3.63) is 38.6 Å². The number of fused-ring (bicyclic) bond motifs is 1. The van der Waals surface area contributed by atoms with Crippen LogP contribution in [-0.2, 0) is 0 Å². The van der Waals surface area contributed by atoms with Crippen LogP contribution in [0.2, 0.25) is 0 Å². The molecule has 0 bridgehead atoms. The average molecular weight is 210 g/mol. The van der Waals surface area contributed by atoms with Crippen LogP contribution >= 0.6 is 12.2 Å². The van der Waals surface area contributed by atoms with Crippen LogP contribution in [0.4, 0.5) is 4.39 Å². The molecule has 0 aliphatic rings. The molecular weight excluding hydrogens is 203 g/mol. The summed E-state index contributed by atoms with van der Waals surface area (Å²) in [5, 5.41) is 0.0265. The summed E-state index contributed by atoms with van der Waals surface area (Å²) in [5.41, 5.74) is 0.752. The van der Waals surface area contributed by atoms with Crippen LogP contribution < -0.4 is 5.56 Å². The second-order valence-corrected chi connectivity index (χ2v) is 3.43. The second kappa shape index (κ2) is 3.02. The lowest BCUT2D eigenvalue weighted by Gasteiger charge is -2.01. The van der Waals surface area contributed by atoms with Crippen LogP contribution in [0, 0.1) is 17.5 Å². The Bertz CT molecular complexity index is 614. The van der Waals surface area contributed by atoms with E-state index in [0.717, 1.165) is 5.56 Å². The molecule has 0 radical (unpaired) electrons. The monoisotopic (exact) mass is 210 g/mol. The molecule has 2 rings (SSSR count). The summed E-state index contributed by atoms with van der Waals surface area (Å²) in [6.45, 7) is 1.78. The number of aromatic nitrogens is 2. The van der Waals surface area contributed by atoms with Gasteiger partial charge in [-0.1, -0.05) is 6.07 Å². The minimum absolute atomic E-state index is 0.0265. The van der Waals surface area contributed by atoms with Gasteiger partial charge in [-0.15, -0.1) is 0 Å². The van der Waals surface area contributed by atoms with E-state index in [2.05, 4.69) is 9.97 Å². The van der Waals surface area contributed by atoms with E-state index in [4.69, 9.17) is 12.2 Å². The Balaban J connectivity index is 3.16. The molecule has 0 spiro atoms. The van der Waals surface area contributed by atoms with E-state index >= 15 is 0 Å². The molecule has 0 amide bonds. The van der Waals surface area contributed by atoms with E-state index < -0.39 is 11.4 Å². The zero-order chi connectivity index (χ0) is 10.3. The Morgan fingerprint density at radius 3 is 2.79 bits per heavy atom. The summed E-state index contributed by atoms with van der Waals surface area (Å²) in [4.78, 5) is 16.5. The predicted molar refractivity (Wildman–Crippen MR) is 54.4 cm³/mol. The molecule has 0 atom stereocenters. The van der Waals surface area contributed by atoms with Gasteiger partial charge in [0.25, 0.3) is 5.56 Å². The Morgan fingerprint density at radius 1 is 1.36 bits per heavy atom. The Hall–Kier alpha value is -1.49. The molecule has 1 aromatic heterocycles. The Labute approximate surface area is 83.6 Å². The maximum Gasteiger partial charge on any atom is 0.262 e. The van der Waals surface area contributed by atoms with Crippen molar-refractivity contribution in [2.45, 2.75) is 6.92 Å². The van der Waals surface area contributed by atoms with Gasteiger partial charge in [0.2, 0.25) is 0 Å². The van der Waals surface area contributed by atoms with Gasteiger partial charge in [0.05, 0.1) is 10.9 Å². The number of hydrogen-bond donors (Lipinski definition) is 2. The standard InChI is InChI=1S/C9H7FN2OS/c1-4-2-3-5(10)6-7(4)11-9(14)12-8(6)13/h2-3H,1H3,(H2,11,12,13,14). The van der Waals surface area contributed by atoms with Crippen molar-refractivity contribution in [1.29, 1.82) is 0 Å². The largest absolute Gasteiger partial charge is 0.331 e. The Morgan fingerprint density at radius 2 is 2.07 bits per heavy atom. The van der Waals surface area contributed by atoms with Crippen LogP contribution in [0.5, 0.6) is 0 Å². The van der Waals surface area contributed by atoms with Gasteiger partial charge in [-0.2, -0.15) is 0 Å². The second-order valence-electron chi connectivity index (χ2n) is 3.02. The number of aryl methyl sites for hydroxylation is 1. The molecule has 0 aliphatic heterocycles. The van der Waals surface area contributed by atoms with Gasteiger partial charge in [0.1, 0.15) is 5.82 Å². The molecule has 3 nitrogen and oxygen atoms in total. The van der Waals surface area contributed by atoms with Crippen molar-refractivity contribution in [3.63, 3.8) is 0 Å². The predicted octanol–water partition coefficient (Wildman–Crippen LogP) is 2.03. The SMILES string of the molecule is Cc1ccc(F)c2c(=O)[nH]c(=S)[nH]c12. The molecule has 0 fully saturated rings. The molecule has 0 aliphatic carbocycles. The maximum absolute atomic E-state index is 13.3. The highest BCUT2D eigenvalue weighted by molar-refractivity contribution is 7.71. The summed E-state index contributed by atoms with van der Waals surface area (Å²) in [6, 6.07) is 2.87. The topological polar surface area (TPSA) is 48.6 Å².